The number of aromatic nitrogens is 2. The highest BCUT2D eigenvalue weighted by Gasteiger charge is 2.33. The Kier molecular flexibility index (Phi) is 4.50. The lowest BCUT2D eigenvalue weighted by molar-refractivity contribution is -0.137. The minimum atomic E-state index is -4.60. The third-order valence-electron chi connectivity index (χ3n) is 4.28. The molecule has 1 aromatic heterocycles. The lowest BCUT2D eigenvalue weighted by Gasteiger charge is -2.15. The molecule has 0 aliphatic carbocycles. The smallest absolute Gasteiger partial charge is 0.358 e. The van der Waals surface area contributed by atoms with Crippen molar-refractivity contribution in [2.24, 2.45) is 12.0 Å². The maximum Gasteiger partial charge on any atom is 0.416 e. The summed E-state index contributed by atoms with van der Waals surface area (Å²) >= 11 is 0. The Morgan fingerprint density at radius 3 is 2.59 bits per heavy atom. The summed E-state index contributed by atoms with van der Waals surface area (Å²) in [4.78, 5) is 40.6. The van der Waals surface area contributed by atoms with E-state index in [1.54, 1.807) is 0 Å². The van der Waals surface area contributed by atoms with Crippen LogP contribution in [-0.2, 0) is 31.1 Å². The zero-order valence-electron chi connectivity index (χ0n) is 14.4. The number of benzene rings is 1. The summed E-state index contributed by atoms with van der Waals surface area (Å²) < 4.78 is 41.5. The third kappa shape index (κ3) is 3.29. The number of aliphatic imine (C=N–C) groups is 1. The van der Waals surface area contributed by atoms with Gasteiger partial charge in [0.15, 0.2) is 0 Å². The molecule has 0 radical (unpaired) electrons. The molecule has 0 fully saturated rings. The molecule has 7 nitrogen and oxygen atoms in total. The molecule has 0 saturated carbocycles. The van der Waals surface area contributed by atoms with E-state index in [1.807, 2.05) is 0 Å². The predicted molar refractivity (Wildman–Crippen MR) is 91.7 cm³/mol. The van der Waals surface area contributed by atoms with Gasteiger partial charge in [-0.3, -0.25) is 19.1 Å². The molecule has 142 valence electrons. The number of hydrogen-bond donors (Lipinski definition) is 1. The fourth-order valence-corrected chi connectivity index (χ4v) is 2.89. The molecule has 1 aliphatic rings. The third-order valence-corrected chi connectivity index (χ3v) is 4.28. The van der Waals surface area contributed by atoms with Gasteiger partial charge in [0, 0.05) is 32.1 Å². The first-order valence-corrected chi connectivity index (χ1v) is 7.89. The Morgan fingerprint density at radius 2 is 1.96 bits per heavy atom. The Morgan fingerprint density at radius 1 is 1.26 bits per heavy atom. The zero-order valence-corrected chi connectivity index (χ0v) is 14.4. The summed E-state index contributed by atoms with van der Waals surface area (Å²) in [5.41, 5.74) is -1.86. The molecule has 27 heavy (non-hydrogen) atoms. The number of carbonyl (C=O) groups excluding carboxylic acids is 1. The number of fused-ring (bicyclic) bond motifs is 1. The summed E-state index contributed by atoms with van der Waals surface area (Å²) in [5.74, 6) is -0.581. The van der Waals surface area contributed by atoms with Crippen LogP contribution in [0.5, 0.6) is 0 Å². The lowest BCUT2D eigenvalue weighted by Crippen LogP contribution is -2.43. The number of carbonyl (C=O) groups is 1. The van der Waals surface area contributed by atoms with E-state index in [0.29, 0.717) is 15.7 Å². The molecule has 1 N–H and O–H groups in total. The van der Waals surface area contributed by atoms with Crippen molar-refractivity contribution < 1.29 is 18.0 Å². The van der Waals surface area contributed by atoms with Crippen molar-refractivity contribution in [3.05, 3.63) is 55.9 Å². The van der Waals surface area contributed by atoms with E-state index in [9.17, 15) is 27.6 Å². The minimum Gasteiger partial charge on any atom is -0.358 e. The number of nitrogens with zero attached hydrogens (tertiary/aromatic N) is 3. The van der Waals surface area contributed by atoms with E-state index in [0.717, 1.165) is 16.7 Å². The molecule has 2 aromatic rings. The second-order valence-electron chi connectivity index (χ2n) is 6.06. The normalized spacial score (nSPS) is 12.9. The zero-order chi connectivity index (χ0) is 19.9. The standard InChI is InChI=1S/C17H15F3N4O3/c1-21-14(25)8-24-15(26)13(7-23(2)16(24)27)11-4-10(17(18,19)20)3-9-5-22-6-12(9)11/h3-4,6-7H,5,8H2,1-2H3,(H,21,25). The van der Waals surface area contributed by atoms with Crippen molar-refractivity contribution in [3.63, 3.8) is 0 Å². The molecule has 1 amide bonds. The van der Waals surface area contributed by atoms with E-state index in [1.165, 1.54) is 26.5 Å². The van der Waals surface area contributed by atoms with Crippen LogP contribution in [-0.4, -0.2) is 28.3 Å². The number of aryl methyl sites for hydroxylation is 1. The Labute approximate surface area is 150 Å². The molecule has 0 atom stereocenters. The van der Waals surface area contributed by atoms with Gasteiger partial charge in [0.25, 0.3) is 5.56 Å². The largest absolute Gasteiger partial charge is 0.416 e. The van der Waals surface area contributed by atoms with Crippen LogP contribution >= 0.6 is 0 Å². The number of hydrogen-bond acceptors (Lipinski definition) is 4. The van der Waals surface area contributed by atoms with Gasteiger partial charge in [0.05, 0.1) is 17.7 Å². The molecule has 0 spiro atoms. The Balaban J connectivity index is 2.31. The number of nitrogens with one attached hydrogen (secondary N) is 1. The summed E-state index contributed by atoms with van der Waals surface area (Å²) in [5, 5.41) is 2.30. The lowest BCUT2D eigenvalue weighted by atomic mass is 9.95. The van der Waals surface area contributed by atoms with E-state index >= 15 is 0 Å². The number of alkyl halides is 3. The molecule has 1 aromatic carbocycles. The highest BCUT2D eigenvalue weighted by Crippen LogP contribution is 2.36. The van der Waals surface area contributed by atoms with Gasteiger partial charge < -0.3 is 9.88 Å². The molecular formula is C17H15F3N4O3. The van der Waals surface area contributed by atoms with Crippen LogP contribution in [0.15, 0.2) is 32.9 Å². The van der Waals surface area contributed by atoms with Gasteiger partial charge in [-0.05, 0) is 23.3 Å². The quantitative estimate of drug-likeness (QED) is 0.859. The second kappa shape index (κ2) is 6.53. The van der Waals surface area contributed by atoms with Gasteiger partial charge in [0.2, 0.25) is 5.91 Å². The fourth-order valence-electron chi connectivity index (χ4n) is 2.89. The number of amides is 1. The van der Waals surface area contributed by atoms with Gasteiger partial charge in [0.1, 0.15) is 6.54 Å². The first kappa shape index (κ1) is 18.6. The van der Waals surface area contributed by atoms with Crippen LogP contribution in [0.4, 0.5) is 13.2 Å². The monoisotopic (exact) mass is 380 g/mol. The molecule has 0 bridgehead atoms. The van der Waals surface area contributed by atoms with Gasteiger partial charge in [-0.15, -0.1) is 0 Å². The summed E-state index contributed by atoms with van der Waals surface area (Å²) in [6, 6.07) is 1.86. The molecule has 3 rings (SSSR count). The average molecular weight is 380 g/mol. The topological polar surface area (TPSA) is 85.5 Å². The van der Waals surface area contributed by atoms with E-state index in [2.05, 4.69) is 10.3 Å². The van der Waals surface area contributed by atoms with Gasteiger partial charge in [-0.25, -0.2) is 4.79 Å². The second-order valence-corrected chi connectivity index (χ2v) is 6.06. The number of rotatable bonds is 3. The number of halogens is 3. The SMILES string of the molecule is CNC(=O)Cn1c(=O)c(-c2cc(C(F)(F)F)cc3c2C=NC3)cn(C)c1=O. The molecule has 0 unspecified atom stereocenters. The maximum atomic E-state index is 13.3. The van der Waals surface area contributed by atoms with Crippen LogP contribution < -0.4 is 16.6 Å². The highest BCUT2D eigenvalue weighted by molar-refractivity contribution is 5.94. The van der Waals surface area contributed by atoms with Crippen molar-refractivity contribution in [1.29, 1.82) is 0 Å². The van der Waals surface area contributed by atoms with Crippen LogP contribution in [0, 0.1) is 0 Å². The Hall–Kier alpha value is -3.17. The first-order valence-electron chi connectivity index (χ1n) is 7.89. The molecular weight excluding hydrogens is 365 g/mol. The van der Waals surface area contributed by atoms with Crippen molar-refractivity contribution >= 4 is 12.1 Å². The summed E-state index contributed by atoms with van der Waals surface area (Å²) in [6.07, 6.45) is -2.03. The van der Waals surface area contributed by atoms with Crippen LogP contribution in [0.3, 0.4) is 0 Å². The van der Waals surface area contributed by atoms with Crippen molar-refractivity contribution in [1.82, 2.24) is 14.5 Å². The van der Waals surface area contributed by atoms with E-state index in [-0.39, 0.29) is 17.7 Å². The van der Waals surface area contributed by atoms with Crippen LogP contribution in [0.25, 0.3) is 11.1 Å². The van der Waals surface area contributed by atoms with Crippen molar-refractivity contribution in [3.8, 4) is 11.1 Å². The number of likely N-dealkylation sites (N-methyl/N-ethyl adjacent to an activating group) is 1. The predicted octanol–water partition coefficient (Wildman–Crippen LogP) is 0.911. The average Bonchev–Trinajstić information content (AvgIpc) is 3.08. The first-order chi connectivity index (χ1) is 12.6. The van der Waals surface area contributed by atoms with Gasteiger partial charge in [-0.1, -0.05) is 0 Å². The summed E-state index contributed by atoms with van der Waals surface area (Å²) in [6.45, 7) is -0.463. The Bertz CT molecular complexity index is 1080. The fraction of sp³-hybridized carbons (Fsp3) is 0.294. The maximum absolute atomic E-state index is 13.3. The molecule has 2 heterocycles. The van der Waals surface area contributed by atoms with Crippen molar-refractivity contribution in [2.75, 3.05) is 7.05 Å². The van der Waals surface area contributed by atoms with E-state index in [4.69, 9.17) is 0 Å². The van der Waals surface area contributed by atoms with Gasteiger partial charge in [-0.2, -0.15) is 13.2 Å². The molecule has 1 aliphatic heterocycles. The highest BCUT2D eigenvalue weighted by atomic mass is 19.4. The molecule has 0 saturated heterocycles. The van der Waals surface area contributed by atoms with Crippen LogP contribution in [0.2, 0.25) is 0 Å². The van der Waals surface area contributed by atoms with Crippen molar-refractivity contribution in [2.45, 2.75) is 19.3 Å². The van der Waals surface area contributed by atoms with Crippen LogP contribution in [0.1, 0.15) is 16.7 Å². The van der Waals surface area contributed by atoms with Gasteiger partial charge >= 0.3 is 11.9 Å². The van der Waals surface area contributed by atoms with E-state index < -0.39 is 35.4 Å². The molecule has 10 heteroatoms. The summed E-state index contributed by atoms with van der Waals surface area (Å²) in [7, 11) is 2.70. The minimum absolute atomic E-state index is 0.0207.